The van der Waals surface area contributed by atoms with Gasteiger partial charge in [-0.25, -0.2) is 14.6 Å². The third-order valence-electron chi connectivity index (χ3n) is 6.16. The molecule has 0 radical (unpaired) electrons. The smallest absolute Gasteiger partial charge is 0.365 e. The van der Waals surface area contributed by atoms with Gasteiger partial charge in [0.25, 0.3) is 0 Å². The van der Waals surface area contributed by atoms with Crippen molar-refractivity contribution in [2.75, 3.05) is 25.5 Å². The number of cyclic esters (lactones) is 1. The summed E-state index contributed by atoms with van der Waals surface area (Å²) in [5, 5.41) is 7.91. The number of amides is 2. The number of carbonyl (C=O) groups is 2. The SMILES string of the molecule is COc1ccc(NC(=O)NC2CCN(/C=C3/N=C(c4cccc5ccccc45)OC3=O)CC2)cc1. The molecule has 5 rings (SSSR count). The largest absolute Gasteiger partial charge is 0.497 e. The van der Waals surface area contributed by atoms with E-state index >= 15 is 0 Å². The van der Waals surface area contributed by atoms with E-state index < -0.39 is 5.97 Å². The maximum Gasteiger partial charge on any atom is 0.365 e. The van der Waals surface area contributed by atoms with Crippen LogP contribution in [0.15, 0.2) is 83.6 Å². The van der Waals surface area contributed by atoms with Crippen molar-refractivity contribution >= 4 is 34.4 Å². The Kier molecular flexibility index (Phi) is 6.34. The monoisotopic (exact) mass is 470 g/mol. The molecule has 0 saturated carbocycles. The van der Waals surface area contributed by atoms with Crippen LogP contribution >= 0.6 is 0 Å². The van der Waals surface area contributed by atoms with Crippen molar-refractivity contribution in [3.63, 3.8) is 0 Å². The summed E-state index contributed by atoms with van der Waals surface area (Å²) in [6.45, 7) is 1.40. The number of methoxy groups -OCH3 is 1. The number of nitrogens with zero attached hydrogens (tertiary/aromatic N) is 2. The molecule has 8 nitrogen and oxygen atoms in total. The molecule has 1 fully saturated rings. The molecule has 0 atom stereocenters. The van der Waals surface area contributed by atoms with Crippen molar-refractivity contribution in [1.82, 2.24) is 10.2 Å². The number of piperidine rings is 1. The van der Waals surface area contributed by atoms with Gasteiger partial charge in [-0.2, -0.15) is 0 Å². The molecule has 178 valence electrons. The lowest BCUT2D eigenvalue weighted by atomic mass is 10.0. The predicted octanol–water partition coefficient (Wildman–Crippen LogP) is 4.28. The van der Waals surface area contributed by atoms with Crippen molar-refractivity contribution < 1.29 is 19.1 Å². The van der Waals surface area contributed by atoms with E-state index in [-0.39, 0.29) is 17.8 Å². The van der Waals surface area contributed by atoms with Crippen molar-refractivity contribution in [1.29, 1.82) is 0 Å². The maximum atomic E-state index is 12.5. The molecule has 2 aliphatic heterocycles. The van der Waals surface area contributed by atoms with Crippen LogP contribution in [0.2, 0.25) is 0 Å². The fourth-order valence-corrected chi connectivity index (χ4v) is 4.30. The average Bonchev–Trinajstić information content (AvgIpc) is 3.25. The van der Waals surface area contributed by atoms with E-state index in [4.69, 9.17) is 9.47 Å². The molecule has 0 unspecified atom stereocenters. The molecule has 3 aromatic carbocycles. The van der Waals surface area contributed by atoms with Gasteiger partial charge in [0.15, 0.2) is 5.70 Å². The number of hydrogen-bond donors (Lipinski definition) is 2. The molecule has 1 saturated heterocycles. The summed E-state index contributed by atoms with van der Waals surface area (Å²) < 4.78 is 10.6. The lowest BCUT2D eigenvalue weighted by Crippen LogP contribution is -2.44. The van der Waals surface area contributed by atoms with Crippen LogP contribution in [0, 0.1) is 0 Å². The van der Waals surface area contributed by atoms with Gasteiger partial charge in [-0.05, 0) is 53.9 Å². The topological polar surface area (TPSA) is 92.3 Å². The zero-order valence-corrected chi connectivity index (χ0v) is 19.4. The van der Waals surface area contributed by atoms with E-state index in [1.807, 2.05) is 47.4 Å². The molecule has 8 heteroatoms. The molecule has 0 bridgehead atoms. The van der Waals surface area contributed by atoms with E-state index in [1.54, 1.807) is 37.6 Å². The molecule has 2 N–H and O–H groups in total. The van der Waals surface area contributed by atoms with E-state index in [0.29, 0.717) is 24.7 Å². The fraction of sp³-hybridized carbons (Fsp3) is 0.222. The van der Waals surface area contributed by atoms with Gasteiger partial charge >= 0.3 is 12.0 Å². The fourth-order valence-electron chi connectivity index (χ4n) is 4.30. The summed E-state index contributed by atoms with van der Waals surface area (Å²) in [5.74, 6) is 0.606. The van der Waals surface area contributed by atoms with Crippen LogP contribution in [0.25, 0.3) is 10.8 Å². The van der Waals surface area contributed by atoms with Crippen LogP contribution in [0.4, 0.5) is 10.5 Å². The lowest BCUT2D eigenvalue weighted by molar-refractivity contribution is -0.130. The van der Waals surface area contributed by atoms with Gasteiger partial charge in [0.05, 0.1) is 7.11 Å². The molecule has 2 amide bonds. The first-order valence-electron chi connectivity index (χ1n) is 11.6. The summed E-state index contributed by atoms with van der Waals surface area (Å²) in [6, 6.07) is 20.8. The minimum absolute atomic E-state index is 0.0492. The first-order chi connectivity index (χ1) is 17.1. The van der Waals surface area contributed by atoms with Gasteiger partial charge in [-0.1, -0.05) is 36.4 Å². The van der Waals surface area contributed by atoms with Crippen LogP contribution in [0.1, 0.15) is 18.4 Å². The van der Waals surface area contributed by atoms with E-state index in [9.17, 15) is 9.59 Å². The number of nitrogens with one attached hydrogen (secondary N) is 2. The Morgan fingerprint density at radius 1 is 1.06 bits per heavy atom. The van der Waals surface area contributed by atoms with Crippen LogP contribution in [0.3, 0.4) is 0 Å². The maximum absolute atomic E-state index is 12.5. The molecule has 3 aromatic rings. The highest BCUT2D eigenvalue weighted by molar-refractivity contribution is 6.16. The number of rotatable bonds is 5. The number of anilines is 1. The van der Waals surface area contributed by atoms with E-state index in [1.165, 1.54) is 0 Å². The molecule has 35 heavy (non-hydrogen) atoms. The number of carbonyl (C=O) groups excluding carboxylic acids is 2. The minimum atomic E-state index is -0.452. The molecule has 0 aromatic heterocycles. The third-order valence-corrected chi connectivity index (χ3v) is 6.16. The van der Waals surface area contributed by atoms with Crippen LogP contribution in [0.5, 0.6) is 5.75 Å². The number of fused-ring (bicyclic) bond motifs is 1. The van der Waals surface area contributed by atoms with Crippen LogP contribution in [-0.2, 0) is 9.53 Å². The van der Waals surface area contributed by atoms with Gasteiger partial charge in [-0.3, -0.25) is 0 Å². The standard InChI is InChI=1S/C27H26N4O4/c1-34-21-11-9-19(10-12-21)28-27(33)29-20-13-15-31(16-14-20)17-24-26(32)35-25(30-24)23-8-4-6-18-5-2-3-7-22(18)23/h2-12,17,20H,13-16H2,1H3,(H2,28,29,33)/b24-17+. The number of ether oxygens (including phenoxy) is 2. The second-order valence-corrected chi connectivity index (χ2v) is 8.48. The first kappa shape index (κ1) is 22.5. The van der Waals surface area contributed by atoms with Crippen LogP contribution < -0.4 is 15.4 Å². The number of hydrogen-bond acceptors (Lipinski definition) is 6. The van der Waals surface area contributed by atoms with Crippen molar-refractivity contribution in [2.45, 2.75) is 18.9 Å². The minimum Gasteiger partial charge on any atom is -0.497 e. The Labute approximate surface area is 203 Å². The first-order valence-corrected chi connectivity index (χ1v) is 11.6. The number of likely N-dealkylation sites (tertiary alicyclic amines) is 1. The van der Waals surface area contributed by atoms with E-state index in [0.717, 1.165) is 34.9 Å². The number of aliphatic imine (C=N–C) groups is 1. The predicted molar refractivity (Wildman–Crippen MR) is 134 cm³/mol. The third kappa shape index (κ3) is 5.11. The highest BCUT2D eigenvalue weighted by atomic mass is 16.6. The lowest BCUT2D eigenvalue weighted by Gasteiger charge is -2.31. The summed E-state index contributed by atoms with van der Waals surface area (Å²) in [5.41, 5.74) is 1.78. The summed E-state index contributed by atoms with van der Waals surface area (Å²) in [4.78, 5) is 31.4. The highest BCUT2D eigenvalue weighted by Crippen LogP contribution is 2.24. The van der Waals surface area contributed by atoms with Crippen molar-refractivity contribution in [3.8, 4) is 5.75 Å². The molecular weight excluding hydrogens is 444 g/mol. The highest BCUT2D eigenvalue weighted by Gasteiger charge is 2.27. The van der Waals surface area contributed by atoms with Gasteiger partial charge < -0.3 is 25.0 Å². The molecule has 0 spiro atoms. The Morgan fingerprint density at radius 2 is 1.80 bits per heavy atom. The van der Waals surface area contributed by atoms with Crippen molar-refractivity contribution in [3.05, 3.63) is 84.2 Å². The zero-order valence-electron chi connectivity index (χ0n) is 19.4. The Morgan fingerprint density at radius 3 is 2.57 bits per heavy atom. The second-order valence-electron chi connectivity index (χ2n) is 8.48. The number of benzene rings is 3. The Bertz CT molecular complexity index is 1300. The van der Waals surface area contributed by atoms with E-state index in [2.05, 4.69) is 15.6 Å². The quantitative estimate of drug-likeness (QED) is 0.429. The molecule has 2 aliphatic rings. The van der Waals surface area contributed by atoms with Gasteiger partial charge in [-0.15, -0.1) is 0 Å². The van der Waals surface area contributed by atoms with Gasteiger partial charge in [0.1, 0.15) is 5.75 Å². The summed E-state index contributed by atoms with van der Waals surface area (Å²) in [7, 11) is 1.60. The molecule has 2 heterocycles. The Balaban J connectivity index is 1.18. The van der Waals surface area contributed by atoms with Gasteiger partial charge in [0, 0.05) is 36.6 Å². The molecule has 0 aliphatic carbocycles. The second kappa shape index (κ2) is 9.89. The number of urea groups is 1. The zero-order chi connectivity index (χ0) is 24.2. The summed E-state index contributed by atoms with van der Waals surface area (Å²) >= 11 is 0. The average molecular weight is 471 g/mol. The molecular formula is C27H26N4O4. The summed E-state index contributed by atoms with van der Waals surface area (Å²) in [6.07, 6.45) is 3.28. The van der Waals surface area contributed by atoms with Crippen LogP contribution in [-0.4, -0.2) is 49.0 Å². The van der Waals surface area contributed by atoms with Crippen molar-refractivity contribution in [2.24, 2.45) is 4.99 Å². The number of esters is 1. The normalized spacial score (nSPS) is 17.3. The Hall–Kier alpha value is -4.33. The van der Waals surface area contributed by atoms with Gasteiger partial charge in [0.2, 0.25) is 5.90 Å².